The maximum Gasteiger partial charge on any atom is 0.161 e. The molecule has 1 unspecified atom stereocenters. The van der Waals surface area contributed by atoms with Gasteiger partial charge in [-0.05, 0) is 37.5 Å². The van der Waals surface area contributed by atoms with Gasteiger partial charge in [0.2, 0.25) is 0 Å². The molecule has 1 aromatic carbocycles. The first-order valence-corrected chi connectivity index (χ1v) is 4.82. The highest BCUT2D eigenvalue weighted by Crippen LogP contribution is 2.30. The summed E-state index contributed by atoms with van der Waals surface area (Å²) in [5, 5.41) is 0. The largest absolute Gasteiger partial charge is 0.493 e. The molecule has 2 heteroatoms. The number of hydrogen-bond acceptors (Lipinski definition) is 2. The predicted molar refractivity (Wildman–Crippen MR) is 57.9 cm³/mol. The lowest BCUT2D eigenvalue weighted by atomic mass is 10.0. The van der Waals surface area contributed by atoms with Crippen LogP contribution in [0.25, 0.3) is 0 Å². The molecular formula is C12H17O2. The standard InChI is InChI=1S/C12H17O2/c1-5-14-11-7-6-10(9(2)3)8-12(11)13-4/h6-9H,2,5H2,1,3-4H3. The van der Waals surface area contributed by atoms with E-state index in [4.69, 9.17) is 9.47 Å². The van der Waals surface area contributed by atoms with Gasteiger partial charge in [-0.1, -0.05) is 13.0 Å². The molecule has 0 heterocycles. The Hall–Kier alpha value is -1.18. The molecule has 0 bridgehead atoms. The molecule has 2 nitrogen and oxygen atoms in total. The van der Waals surface area contributed by atoms with Gasteiger partial charge in [-0.25, -0.2) is 0 Å². The van der Waals surface area contributed by atoms with Gasteiger partial charge in [0.1, 0.15) is 0 Å². The SMILES string of the molecule is [CH2]C(C)c1ccc(OCC)c(OC)c1. The molecule has 0 saturated carbocycles. The van der Waals surface area contributed by atoms with Gasteiger partial charge in [-0.2, -0.15) is 0 Å². The van der Waals surface area contributed by atoms with Crippen LogP contribution in [0.5, 0.6) is 11.5 Å². The Labute approximate surface area is 85.8 Å². The minimum absolute atomic E-state index is 0.263. The first kappa shape index (κ1) is 10.9. The molecular weight excluding hydrogens is 176 g/mol. The first-order valence-electron chi connectivity index (χ1n) is 4.82. The smallest absolute Gasteiger partial charge is 0.161 e. The van der Waals surface area contributed by atoms with E-state index in [-0.39, 0.29) is 5.92 Å². The lowest BCUT2D eigenvalue weighted by molar-refractivity contribution is 0.310. The minimum Gasteiger partial charge on any atom is -0.493 e. The normalized spacial score (nSPS) is 10.4. The van der Waals surface area contributed by atoms with Crippen molar-refractivity contribution in [1.82, 2.24) is 0 Å². The second-order valence-corrected chi connectivity index (χ2v) is 3.24. The van der Waals surface area contributed by atoms with Crippen LogP contribution in [0, 0.1) is 6.92 Å². The van der Waals surface area contributed by atoms with Gasteiger partial charge in [0.25, 0.3) is 0 Å². The number of hydrogen-bond donors (Lipinski definition) is 0. The lowest BCUT2D eigenvalue weighted by Gasteiger charge is -2.12. The van der Waals surface area contributed by atoms with Crippen LogP contribution in [0.1, 0.15) is 25.3 Å². The van der Waals surface area contributed by atoms with Gasteiger partial charge in [0.05, 0.1) is 13.7 Å². The van der Waals surface area contributed by atoms with Crippen LogP contribution in [-0.4, -0.2) is 13.7 Å². The van der Waals surface area contributed by atoms with Gasteiger partial charge in [0, 0.05) is 0 Å². The highest BCUT2D eigenvalue weighted by molar-refractivity contribution is 5.44. The Morgan fingerprint density at radius 3 is 2.57 bits per heavy atom. The van der Waals surface area contributed by atoms with Crippen LogP contribution in [-0.2, 0) is 0 Å². The van der Waals surface area contributed by atoms with E-state index in [2.05, 4.69) is 13.8 Å². The zero-order valence-corrected chi connectivity index (χ0v) is 9.04. The van der Waals surface area contributed by atoms with Crippen LogP contribution < -0.4 is 9.47 Å². The molecule has 1 aromatic rings. The predicted octanol–water partition coefficient (Wildman–Crippen LogP) is 3.03. The molecule has 14 heavy (non-hydrogen) atoms. The summed E-state index contributed by atoms with van der Waals surface area (Å²) in [7, 11) is 1.65. The summed E-state index contributed by atoms with van der Waals surface area (Å²) < 4.78 is 10.7. The summed E-state index contributed by atoms with van der Waals surface area (Å²) in [6.07, 6.45) is 0. The molecule has 0 aliphatic rings. The van der Waals surface area contributed by atoms with Gasteiger partial charge in [-0.15, -0.1) is 0 Å². The molecule has 0 aliphatic carbocycles. The number of rotatable bonds is 4. The van der Waals surface area contributed by atoms with Crippen molar-refractivity contribution in [2.24, 2.45) is 0 Å². The Balaban J connectivity index is 2.98. The number of methoxy groups -OCH3 is 1. The quantitative estimate of drug-likeness (QED) is 0.731. The molecule has 0 saturated heterocycles. The monoisotopic (exact) mass is 193 g/mol. The highest BCUT2D eigenvalue weighted by Gasteiger charge is 2.06. The molecule has 1 rings (SSSR count). The van der Waals surface area contributed by atoms with Gasteiger partial charge < -0.3 is 9.47 Å². The fraction of sp³-hybridized carbons (Fsp3) is 0.417. The Morgan fingerprint density at radius 2 is 2.07 bits per heavy atom. The van der Waals surface area contributed by atoms with E-state index >= 15 is 0 Å². The average Bonchev–Trinajstić information content (AvgIpc) is 2.18. The third kappa shape index (κ3) is 2.41. The molecule has 0 fully saturated rings. The van der Waals surface area contributed by atoms with Crippen molar-refractivity contribution in [2.45, 2.75) is 19.8 Å². The number of benzene rings is 1. The van der Waals surface area contributed by atoms with E-state index in [1.54, 1.807) is 7.11 Å². The second kappa shape index (κ2) is 4.89. The Morgan fingerprint density at radius 1 is 1.36 bits per heavy atom. The molecule has 1 atom stereocenters. The third-order valence-corrected chi connectivity index (χ3v) is 2.06. The zero-order valence-electron chi connectivity index (χ0n) is 9.04. The summed E-state index contributed by atoms with van der Waals surface area (Å²) in [6, 6.07) is 5.92. The minimum atomic E-state index is 0.263. The van der Waals surface area contributed by atoms with Crippen molar-refractivity contribution in [3.63, 3.8) is 0 Å². The molecule has 1 radical (unpaired) electrons. The topological polar surface area (TPSA) is 18.5 Å². The number of ether oxygens (including phenoxy) is 2. The summed E-state index contributed by atoms with van der Waals surface area (Å²) in [5.74, 6) is 1.83. The maximum absolute atomic E-state index is 5.42. The van der Waals surface area contributed by atoms with Crippen molar-refractivity contribution in [2.75, 3.05) is 13.7 Å². The van der Waals surface area contributed by atoms with Gasteiger partial charge in [-0.3, -0.25) is 0 Å². The molecule has 77 valence electrons. The zero-order chi connectivity index (χ0) is 10.6. The molecule has 0 spiro atoms. The van der Waals surface area contributed by atoms with Crippen molar-refractivity contribution >= 4 is 0 Å². The Bertz CT molecular complexity index is 292. The van der Waals surface area contributed by atoms with E-state index in [0.717, 1.165) is 17.1 Å². The summed E-state index contributed by atoms with van der Waals surface area (Å²) in [4.78, 5) is 0. The Kier molecular flexibility index (Phi) is 3.81. The van der Waals surface area contributed by atoms with Crippen molar-refractivity contribution in [1.29, 1.82) is 0 Å². The van der Waals surface area contributed by atoms with Crippen molar-refractivity contribution in [3.8, 4) is 11.5 Å². The van der Waals surface area contributed by atoms with Crippen LogP contribution in [0.3, 0.4) is 0 Å². The molecule has 0 aliphatic heterocycles. The van der Waals surface area contributed by atoms with Crippen LogP contribution in [0.4, 0.5) is 0 Å². The molecule has 0 aromatic heterocycles. The van der Waals surface area contributed by atoms with Crippen LogP contribution >= 0.6 is 0 Å². The second-order valence-electron chi connectivity index (χ2n) is 3.24. The first-order chi connectivity index (χ1) is 6.69. The summed E-state index contributed by atoms with van der Waals surface area (Å²) in [6.45, 7) is 8.62. The maximum atomic E-state index is 5.42. The average molecular weight is 193 g/mol. The van der Waals surface area contributed by atoms with Crippen molar-refractivity contribution in [3.05, 3.63) is 30.7 Å². The van der Waals surface area contributed by atoms with E-state index in [0.29, 0.717) is 6.61 Å². The van der Waals surface area contributed by atoms with E-state index < -0.39 is 0 Å². The highest BCUT2D eigenvalue weighted by atomic mass is 16.5. The van der Waals surface area contributed by atoms with E-state index in [9.17, 15) is 0 Å². The fourth-order valence-corrected chi connectivity index (χ4v) is 1.27. The van der Waals surface area contributed by atoms with Crippen LogP contribution in [0.2, 0.25) is 0 Å². The van der Waals surface area contributed by atoms with E-state index in [1.165, 1.54) is 0 Å². The van der Waals surface area contributed by atoms with E-state index in [1.807, 2.05) is 25.1 Å². The lowest BCUT2D eigenvalue weighted by Crippen LogP contribution is -1.97. The third-order valence-electron chi connectivity index (χ3n) is 2.06. The van der Waals surface area contributed by atoms with Gasteiger partial charge in [0.15, 0.2) is 11.5 Å². The molecule has 0 N–H and O–H groups in total. The summed E-state index contributed by atoms with van der Waals surface area (Å²) >= 11 is 0. The fourth-order valence-electron chi connectivity index (χ4n) is 1.27. The summed E-state index contributed by atoms with van der Waals surface area (Å²) in [5.41, 5.74) is 1.16. The van der Waals surface area contributed by atoms with Gasteiger partial charge >= 0.3 is 0 Å². The molecule has 0 amide bonds. The van der Waals surface area contributed by atoms with Crippen LogP contribution in [0.15, 0.2) is 18.2 Å². The van der Waals surface area contributed by atoms with Crippen molar-refractivity contribution < 1.29 is 9.47 Å².